The first-order valence-corrected chi connectivity index (χ1v) is 6.40. The summed E-state index contributed by atoms with van der Waals surface area (Å²) in [6.45, 7) is 3.70. The average Bonchev–Trinajstić information content (AvgIpc) is 2.26. The maximum absolute atomic E-state index is 4.58. The number of nitrogens with zero attached hydrogens (tertiary/aromatic N) is 1. The molecule has 0 fully saturated rings. The largest absolute Gasteiger partial charge is 0.235 e. The number of para-hydroxylation sites is 1. The van der Waals surface area contributed by atoms with Crippen molar-refractivity contribution in [2.75, 3.05) is 5.75 Å². The molecule has 0 saturated heterocycles. The number of aliphatic imine (C=N–C) groups is 1. The molecule has 0 atom stereocenters. The van der Waals surface area contributed by atoms with Gasteiger partial charge in [0.05, 0.1) is 5.69 Å². The summed E-state index contributed by atoms with van der Waals surface area (Å²) in [6.07, 6.45) is 1.91. The van der Waals surface area contributed by atoms with Gasteiger partial charge in [0.2, 0.25) is 0 Å². The molecule has 0 spiro atoms. The van der Waals surface area contributed by atoms with Gasteiger partial charge in [-0.3, -0.25) is 0 Å². The maximum Gasteiger partial charge on any atom is 0.131 e. The summed E-state index contributed by atoms with van der Waals surface area (Å²) >= 11 is 3.57. The molecule has 72 valence electrons. The number of hydrogen-bond donors (Lipinski definition) is 0. The minimum Gasteiger partial charge on any atom is -0.235 e. The molecule has 14 heavy (non-hydrogen) atoms. The number of hydrogen-bond acceptors (Lipinski definition) is 3. The summed E-state index contributed by atoms with van der Waals surface area (Å²) in [5.74, 6) is 1.98. The average molecular weight is 221 g/mol. The Morgan fingerprint density at radius 1 is 1.50 bits per heavy atom. The molecule has 0 unspecified atom stereocenters. The quantitative estimate of drug-likeness (QED) is 0.703. The van der Waals surface area contributed by atoms with Crippen LogP contribution in [0.25, 0.3) is 0 Å². The van der Waals surface area contributed by atoms with E-state index in [1.165, 1.54) is 5.56 Å². The van der Waals surface area contributed by atoms with Crippen LogP contribution >= 0.6 is 23.5 Å². The van der Waals surface area contributed by atoms with E-state index in [4.69, 9.17) is 0 Å². The monoisotopic (exact) mass is 221 g/mol. The molecule has 1 aliphatic rings. The molecule has 1 aliphatic heterocycles. The molecule has 1 aromatic carbocycles. The summed E-state index contributed by atoms with van der Waals surface area (Å²) in [5, 5.41) is 0. The van der Waals surface area contributed by atoms with Gasteiger partial charge in [0, 0.05) is 11.5 Å². The van der Waals surface area contributed by atoms with Gasteiger partial charge in [-0.25, -0.2) is 4.99 Å². The van der Waals surface area contributed by atoms with Gasteiger partial charge in [-0.15, -0.1) is 6.58 Å². The third kappa shape index (κ3) is 2.22. The lowest BCUT2D eigenvalue weighted by Crippen LogP contribution is -1.95. The van der Waals surface area contributed by atoms with E-state index >= 15 is 0 Å². The standard InChI is InChI=1S/C11H11NS2/c1-2-7-13-11-12-10-6-4-3-5-9(10)8-14-11/h2-6H,1,7-8H2. The Morgan fingerprint density at radius 2 is 2.36 bits per heavy atom. The van der Waals surface area contributed by atoms with E-state index in [1.54, 1.807) is 11.8 Å². The van der Waals surface area contributed by atoms with Gasteiger partial charge in [0.25, 0.3) is 0 Å². The molecule has 1 aromatic rings. The molecule has 0 aromatic heterocycles. The van der Waals surface area contributed by atoms with Crippen molar-refractivity contribution in [2.45, 2.75) is 5.75 Å². The van der Waals surface area contributed by atoms with Crippen LogP contribution in [0.4, 0.5) is 5.69 Å². The van der Waals surface area contributed by atoms with Crippen LogP contribution in [0.15, 0.2) is 41.9 Å². The number of benzene rings is 1. The zero-order valence-electron chi connectivity index (χ0n) is 7.77. The fraction of sp³-hybridized carbons (Fsp3) is 0.182. The van der Waals surface area contributed by atoms with Gasteiger partial charge < -0.3 is 0 Å². The van der Waals surface area contributed by atoms with E-state index in [1.807, 2.05) is 23.9 Å². The van der Waals surface area contributed by atoms with Gasteiger partial charge in [-0.2, -0.15) is 0 Å². The molecule has 3 heteroatoms. The molecule has 2 rings (SSSR count). The van der Waals surface area contributed by atoms with E-state index in [9.17, 15) is 0 Å². The topological polar surface area (TPSA) is 12.4 Å². The summed E-state index contributed by atoms with van der Waals surface area (Å²) in [7, 11) is 0. The Morgan fingerprint density at radius 3 is 3.21 bits per heavy atom. The lowest BCUT2D eigenvalue weighted by Gasteiger charge is -2.13. The highest BCUT2D eigenvalue weighted by Gasteiger charge is 2.11. The van der Waals surface area contributed by atoms with Crippen molar-refractivity contribution in [3.05, 3.63) is 42.5 Å². The maximum atomic E-state index is 4.58. The third-order valence-electron chi connectivity index (χ3n) is 1.88. The molecule has 0 saturated carbocycles. The zero-order valence-corrected chi connectivity index (χ0v) is 9.40. The van der Waals surface area contributed by atoms with E-state index in [2.05, 4.69) is 29.8 Å². The predicted octanol–water partition coefficient (Wildman–Crippen LogP) is 3.84. The molecular weight excluding hydrogens is 210 g/mol. The van der Waals surface area contributed by atoms with Crippen LogP contribution in [0.2, 0.25) is 0 Å². The summed E-state index contributed by atoms with van der Waals surface area (Å²) < 4.78 is 1.16. The second-order valence-corrected chi connectivity index (χ2v) is 5.13. The zero-order chi connectivity index (χ0) is 9.80. The van der Waals surface area contributed by atoms with Crippen LogP contribution in [0.1, 0.15) is 5.56 Å². The van der Waals surface area contributed by atoms with Crippen LogP contribution in [-0.2, 0) is 5.75 Å². The van der Waals surface area contributed by atoms with Gasteiger partial charge in [-0.05, 0) is 11.6 Å². The van der Waals surface area contributed by atoms with Crippen molar-refractivity contribution >= 4 is 33.6 Å². The highest BCUT2D eigenvalue weighted by molar-refractivity contribution is 8.38. The summed E-state index contributed by atoms with van der Waals surface area (Å²) in [4.78, 5) is 4.58. The van der Waals surface area contributed by atoms with Crippen LogP contribution < -0.4 is 0 Å². The van der Waals surface area contributed by atoms with E-state index in [0.717, 1.165) is 21.6 Å². The van der Waals surface area contributed by atoms with Crippen molar-refractivity contribution in [3.63, 3.8) is 0 Å². The second-order valence-electron chi connectivity index (χ2n) is 2.89. The van der Waals surface area contributed by atoms with Crippen LogP contribution in [0.5, 0.6) is 0 Å². The Hall–Kier alpha value is -0.670. The van der Waals surface area contributed by atoms with E-state index in [0.29, 0.717) is 0 Å². The smallest absolute Gasteiger partial charge is 0.131 e. The van der Waals surface area contributed by atoms with Crippen molar-refractivity contribution in [3.8, 4) is 0 Å². The minimum atomic E-state index is 0.938. The van der Waals surface area contributed by atoms with Crippen LogP contribution in [0.3, 0.4) is 0 Å². The molecule has 0 amide bonds. The van der Waals surface area contributed by atoms with Crippen molar-refractivity contribution in [2.24, 2.45) is 4.99 Å². The fourth-order valence-corrected chi connectivity index (χ4v) is 3.04. The fourth-order valence-electron chi connectivity index (χ4n) is 1.22. The summed E-state index contributed by atoms with van der Waals surface area (Å²) in [6, 6.07) is 8.31. The van der Waals surface area contributed by atoms with E-state index in [-0.39, 0.29) is 0 Å². The lowest BCUT2D eigenvalue weighted by molar-refractivity contribution is 1.36. The van der Waals surface area contributed by atoms with Crippen molar-refractivity contribution < 1.29 is 0 Å². The Bertz CT molecular complexity index is 371. The van der Waals surface area contributed by atoms with Crippen molar-refractivity contribution in [1.82, 2.24) is 0 Å². The molecule has 0 bridgehead atoms. The second kappa shape index (κ2) is 4.71. The van der Waals surface area contributed by atoms with Crippen LogP contribution in [-0.4, -0.2) is 10.1 Å². The molecular formula is C11H11NS2. The first-order chi connectivity index (χ1) is 6.90. The highest BCUT2D eigenvalue weighted by atomic mass is 32.2. The first-order valence-electron chi connectivity index (χ1n) is 4.43. The van der Waals surface area contributed by atoms with Crippen LogP contribution in [0, 0.1) is 0 Å². The molecule has 1 heterocycles. The van der Waals surface area contributed by atoms with E-state index < -0.39 is 0 Å². The number of thioether (sulfide) groups is 2. The predicted molar refractivity (Wildman–Crippen MR) is 67.5 cm³/mol. The molecule has 0 N–H and O–H groups in total. The van der Waals surface area contributed by atoms with Gasteiger partial charge >= 0.3 is 0 Å². The van der Waals surface area contributed by atoms with Crippen molar-refractivity contribution in [1.29, 1.82) is 0 Å². The lowest BCUT2D eigenvalue weighted by atomic mass is 10.2. The third-order valence-corrected chi connectivity index (χ3v) is 4.12. The van der Waals surface area contributed by atoms with Gasteiger partial charge in [0.1, 0.15) is 4.38 Å². The first kappa shape index (κ1) is 9.87. The number of fused-ring (bicyclic) bond motifs is 1. The molecule has 0 radical (unpaired) electrons. The highest BCUT2D eigenvalue weighted by Crippen LogP contribution is 2.34. The normalized spacial score (nSPS) is 14.4. The van der Waals surface area contributed by atoms with Gasteiger partial charge in [-0.1, -0.05) is 47.8 Å². The number of rotatable bonds is 2. The Labute approximate surface area is 92.7 Å². The molecule has 1 nitrogen and oxygen atoms in total. The minimum absolute atomic E-state index is 0.938. The SMILES string of the molecule is C=CCSC1=Nc2ccccc2CS1. The Kier molecular flexibility index (Phi) is 3.32. The van der Waals surface area contributed by atoms with Gasteiger partial charge in [0.15, 0.2) is 0 Å². The Balaban J connectivity index is 2.18. The summed E-state index contributed by atoms with van der Waals surface area (Å²) in [5.41, 5.74) is 2.46. The molecule has 0 aliphatic carbocycles.